The van der Waals surface area contributed by atoms with E-state index < -0.39 is 0 Å². The SMILES string of the molecule is Oc1ccc(/C=N/N=C/c2ccco2)c(O)c1. The molecule has 0 aliphatic heterocycles. The van der Waals surface area contributed by atoms with E-state index >= 15 is 0 Å². The summed E-state index contributed by atoms with van der Waals surface area (Å²) < 4.78 is 5.02. The highest BCUT2D eigenvalue weighted by Crippen LogP contribution is 2.20. The van der Waals surface area contributed by atoms with Crippen LogP contribution < -0.4 is 0 Å². The number of rotatable bonds is 3. The van der Waals surface area contributed by atoms with Gasteiger partial charge in [-0.1, -0.05) is 0 Å². The molecule has 1 aromatic heterocycles. The fourth-order valence-corrected chi connectivity index (χ4v) is 1.19. The summed E-state index contributed by atoms with van der Waals surface area (Å²) >= 11 is 0. The Morgan fingerprint density at radius 2 is 1.88 bits per heavy atom. The second kappa shape index (κ2) is 4.98. The monoisotopic (exact) mass is 230 g/mol. The average molecular weight is 230 g/mol. The van der Waals surface area contributed by atoms with Crippen molar-refractivity contribution in [1.29, 1.82) is 0 Å². The van der Waals surface area contributed by atoms with Gasteiger partial charge < -0.3 is 14.6 Å². The summed E-state index contributed by atoms with van der Waals surface area (Å²) in [6.45, 7) is 0. The van der Waals surface area contributed by atoms with Crippen molar-refractivity contribution in [2.24, 2.45) is 10.2 Å². The van der Waals surface area contributed by atoms with Gasteiger partial charge in [0.25, 0.3) is 0 Å². The maximum Gasteiger partial charge on any atom is 0.146 e. The molecule has 5 nitrogen and oxygen atoms in total. The van der Waals surface area contributed by atoms with Crippen molar-refractivity contribution in [2.45, 2.75) is 0 Å². The number of hydrogen-bond acceptors (Lipinski definition) is 5. The van der Waals surface area contributed by atoms with E-state index in [1.807, 2.05) is 0 Å². The number of nitrogens with zero attached hydrogens (tertiary/aromatic N) is 2. The van der Waals surface area contributed by atoms with Crippen LogP contribution in [0.2, 0.25) is 0 Å². The van der Waals surface area contributed by atoms with Crippen LogP contribution in [-0.4, -0.2) is 22.6 Å². The normalized spacial score (nSPS) is 11.5. The van der Waals surface area contributed by atoms with E-state index in [0.29, 0.717) is 11.3 Å². The Balaban J connectivity index is 2.05. The minimum absolute atomic E-state index is 0.00117. The van der Waals surface area contributed by atoms with Crippen molar-refractivity contribution < 1.29 is 14.6 Å². The smallest absolute Gasteiger partial charge is 0.146 e. The number of hydrogen-bond donors (Lipinski definition) is 2. The van der Waals surface area contributed by atoms with Crippen LogP contribution in [0.3, 0.4) is 0 Å². The molecular formula is C12H10N2O3. The number of furan rings is 1. The highest BCUT2D eigenvalue weighted by atomic mass is 16.3. The van der Waals surface area contributed by atoms with Crippen molar-refractivity contribution in [3.05, 3.63) is 47.9 Å². The van der Waals surface area contributed by atoms with Gasteiger partial charge in [0.2, 0.25) is 0 Å². The third kappa shape index (κ3) is 2.94. The van der Waals surface area contributed by atoms with Gasteiger partial charge in [0, 0.05) is 11.6 Å². The molecule has 0 spiro atoms. The summed E-state index contributed by atoms with van der Waals surface area (Å²) in [5.41, 5.74) is 0.472. The predicted molar refractivity (Wildman–Crippen MR) is 63.7 cm³/mol. The van der Waals surface area contributed by atoms with Crippen LogP contribution in [0.15, 0.2) is 51.2 Å². The molecular weight excluding hydrogens is 220 g/mol. The molecule has 0 fully saturated rings. The molecule has 0 atom stereocenters. The first-order valence-corrected chi connectivity index (χ1v) is 4.87. The molecule has 0 saturated heterocycles. The zero-order valence-corrected chi connectivity index (χ0v) is 8.82. The Hall–Kier alpha value is -2.56. The highest BCUT2D eigenvalue weighted by molar-refractivity contribution is 5.84. The molecule has 17 heavy (non-hydrogen) atoms. The third-order valence-electron chi connectivity index (χ3n) is 2.01. The number of benzene rings is 1. The average Bonchev–Trinajstić information content (AvgIpc) is 2.79. The third-order valence-corrected chi connectivity index (χ3v) is 2.01. The number of aromatic hydroxyl groups is 2. The Morgan fingerprint density at radius 3 is 2.59 bits per heavy atom. The van der Waals surface area contributed by atoms with Crippen molar-refractivity contribution >= 4 is 12.4 Å². The summed E-state index contributed by atoms with van der Waals surface area (Å²) in [4.78, 5) is 0. The van der Waals surface area contributed by atoms with Gasteiger partial charge in [0.1, 0.15) is 17.3 Å². The summed E-state index contributed by atoms with van der Waals surface area (Å²) in [6, 6.07) is 7.72. The fraction of sp³-hybridized carbons (Fsp3) is 0. The van der Waals surface area contributed by atoms with Gasteiger partial charge in [0.15, 0.2) is 0 Å². The van der Waals surface area contributed by atoms with Crippen molar-refractivity contribution in [3.63, 3.8) is 0 Å². The Labute approximate surface area is 97.4 Å². The van der Waals surface area contributed by atoms with Crippen LogP contribution in [0.1, 0.15) is 11.3 Å². The van der Waals surface area contributed by atoms with Crippen LogP contribution >= 0.6 is 0 Å². The topological polar surface area (TPSA) is 78.3 Å². The van der Waals surface area contributed by atoms with E-state index in [4.69, 9.17) is 9.52 Å². The van der Waals surface area contributed by atoms with Crippen molar-refractivity contribution in [1.82, 2.24) is 0 Å². The van der Waals surface area contributed by atoms with Gasteiger partial charge in [-0.3, -0.25) is 0 Å². The molecule has 1 aromatic carbocycles. The van der Waals surface area contributed by atoms with Gasteiger partial charge >= 0.3 is 0 Å². The highest BCUT2D eigenvalue weighted by Gasteiger charge is 1.98. The van der Waals surface area contributed by atoms with E-state index in [9.17, 15) is 5.11 Å². The second-order valence-electron chi connectivity index (χ2n) is 3.25. The number of phenolic OH excluding ortho intramolecular Hbond substituents is 2. The molecule has 2 N–H and O–H groups in total. The van der Waals surface area contributed by atoms with Crippen LogP contribution in [0, 0.1) is 0 Å². The zero-order chi connectivity index (χ0) is 12.1. The van der Waals surface area contributed by atoms with Gasteiger partial charge in [-0.25, -0.2) is 0 Å². The molecule has 0 bridgehead atoms. The lowest BCUT2D eigenvalue weighted by atomic mass is 10.2. The van der Waals surface area contributed by atoms with E-state index in [1.165, 1.54) is 36.9 Å². The summed E-state index contributed by atoms with van der Waals surface area (Å²) in [7, 11) is 0. The van der Waals surface area contributed by atoms with Crippen LogP contribution in [0.25, 0.3) is 0 Å². The molecule has 1 heterocycles. The van der Waals surface area contributed by atoms with Gasteiger partial charge in [0.05, 0.1) is 18.7 Å². The molecule has 2 rings (SSSR count). The van der Waals surface area contributed by atoms with Crippen molar-refractivity contribution in [2.75, 3.05) is 0 Å². The van der Waals surface area contributed by atoms with Gasteiger partial charge in [-0.05, 0) is 24.3 Å². The lowest BCUT2D eigenvalue weighted by Gasteiger charge is -1.97. The largest absolute Gasteiger partial charge is 0.508 e. The fourth-order valence-electron chi connectivity index (χ4n) is 1.19. The Morgan fingerprint density at radius 1 is 1.06 bits per heavy atom. The Bertz CT molecular complexity index is 545. The molecule has 5 heteroatoms. The van der Waals surface area contributed by atoms with Crippen LogP contribution in [-0.2, 0) is 0 Å². The van der Waals surface area contributed by atoms with Gasteiger partial charge in [-0.15, -0.1) is 0 Å². The molecule has 0 aliphatic carbocycles. The predicted octanol–water partition coefficient (Wildman–Crippen LogP) is 2.14. The summed E-state index contributed by atoms with van der Waals surface area (Å²) in [5.74, 6) is 0.540. The Kier molecular flexibility index (Phi) is 3.20. The van der Waals surface area contributed by atoms with E-state index in [1.54, 1.807) is 12.1 Å². The molecule has 0 unspecified atom stereocenters. The first-order valence-electron chi connectivity index (χ1n) is 4.87. The summed E-state index contributed by atoms with van der Waals surface area (Å²) in [6.07, 6.45) is 4.37. The maximum atomic E-state index is 9.45. The number of phenols is 2. The summed E-state index contributed by atoms with van der Waals surface area (Å²) in [5, 5.41) is 26.0. The van der Waals surface area contributed by atoms with Crippen LogP contribution in [0.4, 0.5) is 0 Å². The van der Waals surface area contributed by atoms with Crippen molar-refractivity contribution in [3.8, 4) is 11.5 Å². The molecule has 0 radical (unpaired) electrons. The minimum Gasteiger partial charge on any atom is -0.508 e. The van der Waals surface area contributed by atoms with E-state index in [2.05, 4.69) is 10.2 Å². The van der Waals surface area contributed by atoms with E-state index in [0.717, 1.165) is 0 Å². The first-order chi connectivity index (χ1) is 8.25. The zero-order valence-electron chi connectivity index (χ0n) is 8.82. The molecule has 2 aromatic rings. The minimum atomic E-state index is -0.0538. The second-order valence-corrected chi connectivity index (χ2v) is 3.25. The first kappa shape index (κ1) is 10.9. The lowest BCUT2D eigenvalue weighted by molar-refractivity contribution is 0.450. The molecule has 0 saturated carbocycles. The van der Waals surface area contributed by atoms with Gasteiger partial charge in [-0.2, -0.15) is 10.2 Å². The molecule has 0 aliphatic rings. The molecule has 0 amide bonds. The van der Waals surface area contributed by atoms with E-state index in [-0.39, 0.29) is 11.5 Å². The standard InChI is InChI=1S/C12H10N2O3/c15-10-4-3-9(12(16)6-10)7-13-14-8-11-2-1-5-17-11/h1-8,15-16H/b13-7+,14-8+. The maximum absolute atomic E-state index is 9.45. The lowest BCUT2D eigenvalue weighted by Crippen LogP contribution is -1.81. The quantitative estimate of drug-likeness (QED) is 0.626. The molecule has 86 valence electrons. The van der Waals surface area contributed by atoms with Crippen LogP contribution in [0.5, 0.6) is 11.5 Å².